The fourth-order valence-corrected chi connectivity index (χ4v) is 1.78. The van der Waals surface area contributed by atoms with Crippen molar-refractivity contribution in [1.82, 2.24) is 0 Å². The van der Waals surface area contributed by atoms with Crippen LogP contribution in [0.2, 0.25) is 0 Å². The van der Waals surface area contributed by atoms with Crippen LogP contribution in [0.3, 0.4) is 0 Å². The van der Waals surface area contributed by atoms with E-state index in [2.05, 4.69) is 52.7 Å². The molecule has 1 aromatic carbocycles. The molecule has 0 aliphatic heterocycles. The fraction of sp³-hybridized carbons (Fsp3) is 0.312. The summed E-state index contributed by atoms with van der Waals surface area (Å²) >= 11 is 0. The smallest absolute Gasteiger partial charge is 0.0513 e. The van der Waals surface area contributed by atoms with E-state index in [1.165, 1.54) is 17.5 Å². The predicted octanol–water partition coefficient (Wildman–Crippen LogP) is 4.36. The topological polar surface area (TPSA) is 37.1 Å². The first kappa shape index (κ1) is 15.0. The SMILES string of the molecule is CCCc1ccccc1C/C=C/C=C/C=N/N=NC. The summed E-state index contributed by atoms with van der Waals surface area (Å²) in [6.45, 7) is 2.21. The Bertz CT molecular complexity index is 471. The van der Waals surface area contributed by atoms with E-state index in [-0.39, 0.29) is 0 Å². The molecule has 0 fully saturated rings. The standard InChI is InChI=1S/C16H21N3/c1-3-10-15-12-7-8-13-16(15)11-6-4-5-9-14-18-19-17-2/h4-9,12-14H,3,10-11H2,1-2H3/b6-4+,9-5+,18-14+,19-17?. The van der Waals surface area contributed by atoms with E-state index in [4.69, 9.17) is 0 Å². The summed E-state index contributed by atoms with van der Waals surface area (Å²) in [5.74, 6) is 0. The van der Waals surface area contributed by atoms with E-state index in [0.29, 0.717) is 0 Å². The third-order valence-corrected chi connectivity index (χ3v) is 2.63. The minimum absolute atomic E-state index is 0.965. The minimum atomic E-state index is 0.965. The second-order valence-electron chi connectivity index (χ2n) is 4.09. The molecule has 0 atom stereocenters. The van der Waals surface area contributed by atoms with Gasteiger partial charge in [0.25, 0.3) is 0 Å². The maximum Gasteiger partial charge on any atom is 0.0513 e. The van der Waals surface area contributed by atoms with E-state index >= 15 is 0 Å². The van der Waals surface area contributed by atoms with Crippen molar-refractivity contribution in [3.8, 4) is 0 Å². The van der Waals surface area contributed by atoms with Crippen LogP contribution in [0.25, 0.3) is 0 Å². The highest BCUT2D eigenvalue weighted by molar-refractivity contribution is 5.71. The van der Waals surface area contributed by atoms with Crippen molar-refractivity contribution in [3.05, 3.63) is 59.7 Å². The molecular formula is C16H21N3. The molecule has 100 valence electrons. The normalized spacial score (nSPS) is 12.5. The molecule has 3 heteroatoms. The van der Waals surface area contributed by atoms with Crippen LogP contribution >= 0.6 is 0 Å². The quantitative estimate of drug-likeness (QED) is 0.300. The first-order chi connectivity index (χ1) is 9.38. The highest BCUT2D eigenvalue weighted by atomic mass is 15.3. The minimum Gasteiger partial charge on any atom is -0.172 e. The maximum absolute atomic E-state index is 3.70. The number of benzene rings is 1. The van der Waals surface area contributed by atoms with Gasteiger partial charge in [0.2, 0.25) is 0 Å². The molecule has 0 aliphatic carbocycles. The van der Waals surface area contributed by atoms with Gasteiger partial charge in [-0.1, -0.05) is 55.8 Å². The highest BCUT2D eigenvalue weighted by Gasteiger charge is 1.97. The maximum atomic E-state index is 3.70. The van der Waals surface area contributed by atoms with Gasteiger partial charge in [-0.25, -0.2) is 0 Å². The molecule has 0 aromatic heterocycles. The van der Waals surface area contributed by atoms with Crippen LogP contribution in [-0.4, -0.2) is 13.3 Å². The van der Waals surface area contributed by atoms with E-state index in [1.807, 2.05) is 18.2 Å². The molecule has 19 heavy (non-hydrogen) atoms. The van der Waals surface area contributed by atoms with Crippen molar-refractivity contribution in [3.63, 3.8) is 0 Å². The van der Waals surface area contributed by atoms with Gasteiger partial charge in [0, 0.05) is 0 Å². The lowest BCUT2D eigenvalue weighted by Gasteiger charge is -2.05. The largest absolute Gasteiger partial charge is 0.172 e. The molecular weight excluding hydrogens is 234 g/mol. The van der Waals surface area contributed by atoms with E-state index in [9.17, 15) is 0 Å². The number of allylic oxidation sites excluding steroid dienone is 4. The molecule has 0 amide bonds. The van der Waals surface area contributed by atoms with Crippen LogP contribution in [0.1, 0.15) is 24.5 Å². The Morgan fingerprint density at radius 1 is 1.05 bits per heavy atom. The molecule has 0 bridgehead atoms. The Kier molecular flexibility index (Phi) is 7.87. The van der Waals surface area contributed by atoms with Crippen LogP contribution in [-0.2, 0) is 12.8 Å². The van der Waals surface area contributed by atoms with E-state index in [1.54, 1.807) is 13.3 Å². The van der Waals surface area contributed by atoms with Gasteiger partial charge in [-0.05, 0) is 35.3 Å². The molecule has 0 heterocycles. The van der Waals surface area contributed by atoms with Gasteiger partial charge in [-0.2, -0.15) is 5.11 Å². The average molecular weight is 255 g/mol. The van der Waals surface area contributed by atoms with Gasteiger partial charge < -0.3 is 0 Å². The van der Waals surface area contributed by atoms with Crippen LogP contribution in [0.4, 0.5) is 0 Å². The molecule has 1 rings (SSSR count). The Balaban J connectivity index is 2.48. The zero-order chi connectivity index (χ0) is 13.8. The van der Waals surface area contributed by atoms with Gasteiger partial charge in [-0.15, -0.1) is 5.10 Å². The van der Waals surface area contributed by atoms with E-state index < -0.39 is 0 Å². The van der Waals surface area contributed by atoms with Gasteiger partial charge in [0.05, 0.1) is 13.3 Å². The number of hydrogen-bond acceptors (Lipinski definition) is 2. The summed E-state index contributed by atoms with van der Waals surface area (Å²) in [6.07, 6.45) is 12.9. The van der Waals surface area contributed by atoms with Crippen LogP contribution < -0.4 is 0 Å². The number of nitrogens with zero attached hydrogens (tertiary/aromatic N) is 3. The number of aryl methyl sites for hydroxylation is 1. The van der Waals surface area contributed by atoms with Crippen LogP contribution in [0, 0.1) is 0 Å². The molecule has 1 aromatic rings. The first-order valence-electron chi connectivity index (χ1n) is 6.59. The summed E-state index contributed by atoms with van der Waals surface area (Å²) in [6, 6.07) is 8.62. The molecule has 0 N–H and O–H groups in total. The zero-order valence-electron chi connectivity index (χ0n) is 11.7. The lowest BCUT2D eigenvalue weighted by atomic mass is 10.0. The summed E-state index contributed by atoms with van der Waals surface area (Å²) in [4.78, 5) is 0. The molecule has 0 spiro atoms. The Labute approximate surface area is 115 Å². The van der Waals surface area contributed by atoms with Gasteiger partial charge in [0.1, 0.15) is 0 Å². The molecule has 0 aliphatic rings. The fourth-order valence-electron chi connectivity index (χ4n) is 1.78. The first-order valence-corrected chi connectivity index (χ1v) is 6.59. The van der Waals surface area contributed by atoms with Gasteiger partial charge in [0.15, 0.2) is 0 Å². The van der Waals surface area contributed by atoms with Crippen LogP contribution in [0.5, 0.6) is 0 Å². The summed E-state index contributed by atoms with van der Waals surface area (Å²) in [5.41, 5.74) is 2.85. The van der Waals surface area contributed by atoms with Crippen molar-refractivity contribution >= 4 is 6.21 Å². The van der Waals surface area contributed by atoms with Crippen molar-refractivity contribution in [2.24, 2.45) is 15.4 Å². The highest BCUT2D eigenvalue weighted by Crippen LogP contribution is 2.12. The Morgan fingerprint density at radius 2 is 1.84 bits per heavy atom. The van der Waals surface area contributed by atoms with Crippen molar-refractivity contribution in [1.29, 1.82) is 0 Å². The second kappa shape index (κ2) is 9.95. The lowest BCUT2D eigenvalue weighted by Crippen LogP contribution is -1.91. The summed E-state index contributed by atoms with van der Waals surface area (Å²) < 4.78 is 0. The van der Waals surface area contributed by atoms with E-state index in [0.717, 1.165) is 12.8 Å². The zero-order valence-corrected chi connectivity index (χ0v) is 11.7. The number of rotatable bonds is 7. The summed E-state index contributed by atoms with van der Waals surface area (Å²) in [5, 5.41) is 10.7. The summed E-state index contributed by atoms with van der Waals surface area (Å²) in [7, 11) is 1.59. The Morgan fingerprint density at radius 3 is 2.58 bits per heavy atom. The van der Waals surface area contributed by atoms with Gasteiger partial charge in [-0.3, -0.25) is 0 Å². The average Bonchev–Trinajstić information content (AvgIpc) is 2.44. The molecule has 0 saturated carbocycles. The molecule has 3 nitrogen and oxygen atoms in total. The number of hydrogen-bond donors (Lipinski definition) is 0. The third kappa shape index (κ3) is 6.46. The Hall–Kier alpha value is -2.03. The van der Waals surface area contributed by atoms with Crippen LogP contribution in [0.15, 0.2) is 64.0 Å². The van der Waals surface area contributed by atoms with Crippen molar-refractivity contribution < 1.29 is 0 Å². The second-order valence-corrected chi connectivity index (χ2v) is 4.09. The third-order valence-electron chi connectivity index (χ3n) is 2.63. The van der Waals surface area contributed by atoms with Crippen molar-refractivity contribution in [2.45, 2.75) is 26.2 Å². The predicted molar refractivity (Wildman–Crippen MR) is 81.7 cm³/mol. The monoisotopic (exact) mass is 255 g/mol. The molecule has 0 saturated heterocycles. The molecule has 0 radical (unpaired) electrons. The lowest BCUT2D eigenvalue weighted by molar-refractivity contribution is 0.906. The molecule has 0 unspecified atom stereocenters. The van der Waals surface area contributed by atoms with Gasteiger partial charge >= 0.3 is 0 Å². The van der Waals surface area contributed by atoms with Crippen molar-refractivity contribution in [2.75, 3.05) is 7.05 Å².